The van der Waals surface area contributed by atoms with E-state index in [1.807, 2.05) is 6.92 Å². The van der Waals surface area contributed by atoms with Gasteiger partial charge >= 0.3 is 0 Å². The summed E-state index contributed by atoms with van der Waals surface area (Å²) in [5.74, 6) is 0.621. The van der Waals surface area contributed by atoms with E-state index in [0.29, 0.717) is 24.3 Å². The summed E-state index contributed by atoms with van der Waals surface area (Å²) in [6.45, 7) is 2.24. The lowest BCUT2D eigenvalue weighted by Crippen LogP contribution is -2.40. The van der Waals surface area contributed by atoms with Crippen molar-refractivity contribution in [3.05, 3.63) is 29.8 Å². The molecule has 2 N–H and O–H groups in total. The molecule has 1 aromatic rings. The Balaban J connectivity index is 2.71. The quantitative estimate of drug-likeness (QED) is 0.748. The minimum atomic E-state index is -3.55. The van der Waals surface area contributed by atoms with E-state index in [-0.39, 0.29) is 6.54 Å². The minimum absolute atomic E-state index is 0.0216. The molecule has 0 aliphatic rings. The molecule has 7 heteroatoms. The first kappa shape index (κ1) is 16.9. The van der Waals surface area contributed by atoms with Gasteiger partial charge in [-0.3, -0.25) is 0 Å². The summed E-state index contributed by atoms with van der Waals surface area (Å²) in [7, 11) is -0.579. The molecule has 1 rings (SSSR count). The minimum Gasteiger partial charge on any atom is -0.497 e. The fourth-order valence-corrected chi connectivity index (χ4v) is 2.66. The Hall–Kier alpha value is -1.15. The predicted molar refractivity (Wildman–Crippen MR) is 77.8 cm³/mol. The van der Waals surface area contributed by atoms with Crippen molar-refractivity contribution in [1.29, 1.82) is 0 Å². The third-order valence-electron chi connectivity index (χ3n) is 2.85. The maximum Gasteiger partial charge on any atom is 0.279 e. The molecule has 0 saturated heterocycles. The van der Waals surface area contributed by atoms with Gasteiger partial charge in [0.15, 0.2) is 0 Å². The summed E-state index contributed by atoms with van der Waals surface area (Å²) in [6.07, 6.45) is -0.195. The summed E-state index contributed by atoms with van der Waals surface area (Å²) in [5, 5.41) is 10.1. The topological polar surface area (TPSA) is 78.9 Å². The van der Waals surface area contributed by atoms with E-state index in [2.05, 4.69) is 4.72 Å². The third kappa shape index (κ3) is 4.75. The van der Waals surface area contributed by atoms with E-state index in [1.165, 1.54) is 14.2 Å². The molecule has 1 aromatic carbocycles. The van der Waals surface area contributed by atoms with Gasteiger partial charge in [-0.15, -0.1) is 0 Å². The maximum atomic E-state index is 11.9. The zero-order chi connectivity index (χ0) is 15.2. The fourth-order valence-electron chi connectivity index (χ4n) is 1.64. The maximum absolute atomic E-state index is 11.9. The molecule has 0 fully saturated rings. The van der Waals surface area contributed by atoms with E-state index in [9.17, 15) is 13.5 Å². The van der Waals surface area contributed by atoms with Crippen LogP contribution in [0.5, 0.6) is 5.75 Å². The molecule has 0 radical (unpaired) electrons. The zero-order valence-corrected chi connectivity index (χ0v) is 12.9. The largest absolute Gasteiger partial charge is 0.497 e. The SMILES string of the molecule is CCCNS(=O)(=O)N(C)CC(O)c1cccc(OC)c1. The van der Waals surface area contributed by atoms with Gasteiger partial charge in [-0.05, 0) is 24.1 Å². The number of hydrogen-bond acceptors (Lipinski definition) is 4. The number of nitrogens with one attached hydrogen (secondary N) is 1. The monoisotopic (exact) mass is 302 g/mol. The van der Waals surface area contributed by atoms with E-state index in [1.54, 1.807) is 24.3 Å². The Labute approximate surface area is 120 Å². The van der Waals surface area contributed by atoms with Crippen LogP contribution in [0, 0.1) is 0 Å². The Morgan fingerprint density at radius 3 is 2.75 bits per heavy atom. The van der Waals surface area contributed by atoms with Crippen molar-refractivity contribution >= 4 is 10.2 Å². The first-order chi connectivity index (χ1) is 9.40. The van der Waals surface area contributed by atoms with Crippen LogP contribution in [-0.4, -0.2) is 45.1 Å². The van der Waals surface area contributed by atoms with Crippen LogP contribution in [-0.2, 0) is 10.2 Å². The number of benzene rings is 1. The van der Waals surface area contributed by atoms with Gasteiger partial charge in [0, 0.05) is 20.1 Å². The first-order valence-corrected chi connectivity index (χ1v) is 7.87. The second-order valence-corrected chi connectivity index (χ2v) is 6.33. The summed E-state index contributed by atoms with van der Waals surface area (Å²) < 4.78 is 32.3. The molecule has 0 saturated carbocycles. The lowest BCUT2D eigenvalue weighted by Gasteiger charge is -2.21. The lowest BCUT2D eigenvalue weighted by atomic mass is 10.1. The first-order valence-electron chi connectivity index (χ1n) is 6.43. The van der Waals surface area contributed by atoms with Crippen molar-refractivity contribution in [2.75, 3.05) is 27.2 Å². The van der Waals surface area contributed by atoms with Crippen molar-refractivity contribution in [3.63, 3.8) is 0 Å². The fraction of sp³-hybridized carbons (Fsp3) is 0.538. The predicted octanol–water partition coefficient (Wildman–Crippen LogP) is 0.905. The smallest absolute Gasteiger partial charge is 0.279 e. The van der Waals surface area contributed by atoms with Crippen LogP contribution in [0.15, 0.2) is 24.3 Å². The molecule has 1 unspecified atom stereocenters. The Kier molecular flexibility index (Phi) is 6.41. The van der Waals surface area contributed by atoms with Gasteiger partial charge in [-0.1, -0.05) is 19.1 Å². The number of aliphatic hydroxyl groups is 1. The summed E-state index contributed by atoms with van der Waals surface area (Å²) in [4.78, 5) is 0. The third-order valence-corrected chi connectivity index (χ3v) is 4.39. The Morgan fingerprint density at radius 2 is 2.15 bits per heavy atom. The van der Waals surface area contributed by atoms with Gasteiger partial charge in [0.1, 0.15) is 5.75 Å². The van der Waals surface area contributed by atoms with Crippen LogP contribution >= 0.6 is 0 Å². The van der Waals surface area contributed by atoms with Gasteiger partial charge in [0.2, 0.25) is 0 Å². The highest BCUT2D eigenvalue weighted by Crippen LogP contribution is 2.20. The summed E-state index contributed by atoms with van der Waals surface area (Å²) in [5.41, 5.74) is 0.613. The van der Waals surface area contributed by atoms with E-state index in [0.717, 1.165) is 4.31 Å². The molecular weight excluding hydrogens is 280 g/mol. The molecule has 114 valence electrons. The number of rotatable bonds is 8. The van der Waals surface area contributed by atoms with Gasteiger partial charge in [0.05, 0.1) is 13.2 Å². The molecule has 6 nitrogen and oxygen atoms in total. The van der Waals surface area contributed by atoms with Crippen LogP contribution in [0.1, 0.15) is 25.0 Å². The number of methoxy groups -OCH3 is 1. The molecule has 0 bridgehead atoms. The van der Waals surface area contributed by atoms with Crippen molar-refractivity contribution in [3.8, 4) is 5.75 Å². The Bertz CT molecular complexity index is 519. The van der Waals surface area contributed by atoms with Gasteiger partial charge in [-0.2, -0.15) is 12.7 Å². The molecule has 0 aromatic heterocycles. The highest BCUT2D eigenvalue weighted by molar-refractivity contribution is 7.87. The molecule has 0 aliphatic heterocycles. The molecule has 0 aliphatic carbocycles. The van der Waals surface area contributed by atoms with E-state index < -0.39 is 16.3 Å². The number of hydrogen-bond donors (Lipinski definition) is 2. The van der Waals surface area contributed by atoms with Crippen LogP contribution < -0.4 is 9.46 Å². The van der Waals surface area contributed by atoms with Crippen molar-refractivity contribution in [1.82, 2.24) is 9.03 Å². The number of aliphatic hydroxyl groups excluding tert-OH is 1. The van der Waals surface area contributed by atoms with Crippen LogP contribution in [0.2, 0.25) is 0 Å². The highest BCUT2D eigenvalue weighted by Gasteiger charge is 2.20. The van der Waals surface area contributed by atoms with Crippen molar-refractivity contribution in [2.45, 2.75) is 19.4 Å². The lowest BCUT2D eigenvalue weighted by molar-refractivity contribution is 0.154. The molecular formula is C13H22N2O4S. The van der Waals surface area contributed by atoms with Crippen molar-refractivity contribution in [2.24, 2.45) is 0 Å². The molecule has 20 heavy (non-hydrogen) atoms. The molecule has 0 amide bonds. The average Bonchev–Trinajstić information content (AvgIpc) is 2.45. The summed E-state index contributed by atoms with van der Waals surface area (Å²) in [6, 6.07) is 6.93. The van der Waals surface area contributed by atoms with Crippen LogP contribution in [0.25, 0.3) is 0 Å². The second-order valence-electron chi connectivity index (χ2n) is 4.47. The van der Waals surface area contributed by atoms with Gasteiger partial charge < -0.3 is 9.84 Å². The normalized spacial score (nSPS) is 13.4. The average molecular weight is 302 g/mol. The molecule has 0 heterocycles. The Morgan fingerprint density at radius 1 is 1.45 bits per heavy atom. The number of nitrogens with zero attached hydrogens (tertiary/aromatic N) is 1. The number of likely N-dealkylation sites (N-methyl/N-ethyl adjacent to an activating group) is 1. The van der Waals surface area contributed by atoms with E-state index in [4.69, 9.17) is 4.74 Å². The number of ether oxygens (including phenoxy) is 1. The standard InChI is InChI=1S/C13H22N2O4S/c1-4-8-14-20(17,18)15(2)10-13(16)11-6-5-7-12(9-11)19-3/h5-7,9,13-14,16H,4,8,10H2,1-3H3. The highest BCUT2D eigenvalue weighted by atomic mass is 32.2. The van der Waals surface area contributed by atoms with Gasteiger partial charge in [-0.25, -0.2) is 4.72 Å². The molecule has 1 atom stereocenters. The van der Waals surface area contributed by atoms with Crippen LogP contribution in [0.4, 0.5) is 0 Å². The second kappa shape index (κ2) is 7.58. The zero-order valence-electron chi connectivity index (χ0n) is 12.0. The van der Waals surface area contributed by atoms with E-state index >= 15 is 0 Å². The molecule has 0 spiro atoms. The van der Waals surface area contributed by atoms with Crippen LogP contribution in [0.3, 0.4) is 0 Å². The van der Waals surface area contributed by atoms with Crippen molar-refractivity contribution < 1.29 is 18.3 Å². The van der Waals surface area contributed by atoms with Gasteiger partial charge in [0.25, 0.3) is 10.2 Å². The summed E-state index contributed by atoms with van der Waals surface area (Å²) >= 11 is 0.